The number of nitrogens with one attached hydrogen (secondary N) is 2. The van der Waals surface area contributed by atoms with Gasteiger partial charge in [-0.3, -0.25) is 25.0 Å². The van der Waals surface area contributed by atoms with Gasteiger partial charge >= 0.3 is 0 Å². The van der Waals surface area contributed by atoms with Gasteiger partial charge in [-0.25, -0.2) is 0 Å². The molecule has 3 aromatic rings. The number of pyridine rings is 1. The van der Waals surface area contributed by atoms with Crippen molar-refractivity contribution in [3.63, 3.8) is 0 Å². The van der Waals surface area contributed by atoms with Gasteiger partial charge in [0.15, 0.2) is 5.82 Å². The van der Waals surface area contributed by atoms with E-state index < -0.39 is 4.92 Å². The maximum Gasteiger partial charge on any atom is 0.271 e. The molecule has 11 heteroatoms. The monoisotopic (exact) mass is 386 g/mol. The average Bonchev–Trinajstić information content (AvgIpc) is 3.16. The quantitative estimate of drug-likeness (QED) is 0.359. The lowest BCUT2D eigenvalue weighted by Crippen LogP contribution is -2.15. The Labute approximate surface area is 157 Å². The summed E-state index contributed by atoms with van der Waals surface area (Å²) in [6, 6.07) is 9.38. The minimum Gasteiger partial charge on any atom is -0.495 e. The molecule has 2 heterocycles. The standard InChI is InChI=1S/C16H14N6O4S/c1-26-13-6-5-10(22(24)25)8-12(13)18-14(23)9-27-16-19-15(20-21-16)11-4-2-3-7-17-11/h2-8H,9H2,1H3,(H,18,23)(H,19,20,21). The summed E-state index contributed by atoms with van der Waals surface area (Å²) in [5.74, 6) is 0.474. The van der Waals surface area contributed by atoms with Crippen molar-refractivity contribution >= 4 is 29.0 Å². The van der Waals surface area contributed by atoms with Gasteiger partial charge in [-0.05, 0) is 18.2 Å². The van der Waals surface area contributed by atoms with Gasteiger partial charge in [0.05, 0.1) is 23.5 Å². The van der Waals surface area contributed by atoms with Crippen LogP contribution >= 0.6 is 11.8 Å². The molecule has 0 fully saturated rings. The number of hydrogen-bond acceptors (Lipinski definition) is 8. The van der Waals surface area contributed by atoms with Crippen molar-refractivity contribution in [2.24, 2.45) is 0 Å². The van der Waals surface area contributed by atoms with Gasteiger partial charge in [0.1, 0.15) is 11.4 Å². The Bertz CT molecular complexity index is 963. The zero-order valence-electron chi connectivity index (χ0n) is 14.1. The van der Waals surface area contributed by atoms with Gasteiger partial charge in [-0.2, -0.15) is 4.98 Å². The molecular formula is C16H14N6O4S. The van der Waals surface area contributed by atoms with E-state index in [1.54, 1.807) is 18.3 Å². The number of rotatable bonds is 7. The number of methoxy groups -OCH3 is 1. The molecule has 0 aliphatic rings. The average molecular weight is 386 g/mol. The molecule has 0 saturated heterocycles. The van der Waals surface area contributed by atoms with E-state index in [1.165, 1.54) is 25.3 Å². The van der Waals surface area contributed by atoms with E-state index in [1.807, 2.05) is 6.07 Å². The van der Waals surface area contributed by atoms with Crippen molar-refractivity contribution in [2.75, 3.05) is 18.2 Å². The third-order valence-electron chi connectivity index (χ3n) is 3.37. The van der Waals surface area contributed by atoms with E-state index >= 15 is 0 Å². The van der Waals surface area contributed by atoms with Gasteiger partial charge in [0.2, 0.25) is 11.1 Å². The molecule has 0 aliphatic carbocycles. The molecule has 0 saturated carbocycles. The van der Waals surface area contributed by atoms with Gasteiger partial charge in [-0.15, -0.1) is 5.10 Å². The summed E-state index contributed by atoms with van der Waals surface area (Å²) >= 11 is 1.12. The summed E-state index contributed by atoms with van der Waals surface area (Å²) in [7, 11) is 1.42. The normalized spacial score (nSPS) is 10.4. The summed E-state index contributed by atoms with van der Waals surface area (Å²) in [5.41, 5.74) is 0.719. The minimum atomic E-state index is -0.545. The topological polar surface area (TPSA) is 136 Å². The molecule has 0 spiro atoms. The fraction of sp³-hybridized carbons (Fsp3) is 0.125. The maximum atomic E-state index is 12.2. The molecule has 0 radical (unpaired) electrons. The van der Waals surface area contributed by atoms with Crippen molar-refractivity contribution in [1.82, 2.24) is 20.2 Å². The first kappa shape index (κ1) is 18.3. The SMILES string of the molecule is COc1ccc([N+](=O)[O-])cc1NC(=O)CSc1n[nH]c(-c2ccccn2)n1. The summed E-state index contributed by atoms with van der Waals surface area (Å²) < 4.78 is 5.12. The van der Waals surface area contributed by atoms with Crippen LogP contribution in [0, 0.1) is 10.1 Å². The van der Waals surface area contributed by atoms with Gasteiger partial charge in [-0.1, -0.05) is 17.8 Å². The van der Waals surface area contributed by atoms with Crippen LogP contribution in [0.4, 0.5) is 11.4 Å². The maximum absolute atomic E-state index is 12.2. The van der Waals surface area contributed by atoms with E-state index in [4.69, 9.17) is 4.74 Å². The third kappa shape index (κ3) is 4.58. The van der Waals surface area contributed by atoms with Crippen LogP contribution in [0.15, 0.2) is 47.8 Å². The van der Waals surface area contributed by atoms with E-state index in [2.05, 4.69) is 25.5 Å². The Morgan fingerprint density at radius 2 is 2.22 bits per heavy atom. The molecule has 3 rings (SSSR count). The Morgan fingerprint density at radius 1 is 1.37 bits per heavy atom. The molecular weight excluding hydrogens is 372 g/mol. The van der Waals surface area contributed by atoms with Crippen LogP contribution in [0.25, 0.3) is 11.5 Å². The van der Waals surface area contributed by atoms with E-state index in [-0.39, 0.29) is 23.0 Å². The van der Waals surface area contributed by atoms with Gasteiger partial charge < -0.3 is 10.1 Å². The van der Waals surface area contributed by atoms with E-state index in [0.717, 1.165) is 11.8 Å². The fourth-order valence-electron chi connectivity index (χ4n) is 2.15. The molecule has 27 heavy (non-hydrogen) atoms. The number of hydrogen-bond donors (Lipinski definition) is 2. The second-order valence-electron chi connectivity index (χ2n) is 5.16. The number of nitro groups is 1. The first-order valence-corrected chi connectivity index (χ1v) is 8.64. The zero-order chi connectivity index (χ0) is 19.2. The number of H-pyrrole nitrogens is 1. The highest BCUT2D eigenvalue weighted by atomic mass is 32.2. The highest BCUT2D eigenvalue weighted by Gasteiger charge is 2.15. The number of carbonyl (C=O) groups is 1. The molecule has 10 nitrogen and oxygen atoms in total. The summed E-state index contributed by atoms with van der Waals surface area (Å²) in [5, 5.41) is 20.7. The number of nitro benzene ring substituents is 1. The fourth-order valence-corrected chi connectivity index (χ4v) is 2.75. The van der Waals surface area contributed by atoms with Crippen molar-refractivity contribution in [1.29, 1.82) is 0 Å². The van der Waals surface area contributed by atoms with E-state index in [9.17, 15) is 14.9 Å². The zero-order valence-corrected chi connectivity index (χ0v) is 14.9. The number of amides is 1. The Balaban J connectivity index is 1.63. The number of non-ortho nitro benzene ring substituents is 1. The molecule has 2 aromatic heterocycles. The van der Waals surface area contributed by atoms with Crippen molar-refractivity contribution in [2.45, 2.75) is 5.16 Å². The smallest absolute Gasteiger partial charge is 0.271 e. The largest absolute Gasteiger partial charge is 0.495 e. The molecule has 2 N–H and O–H groups in total. The van der Waals surface area contributed by atoms with Crippen molar-refractivity contribution < 1.29 is 14.5 Å². The molecule has 0 atom stereocenters. The molecule has 138 valence electrons. The summed E-state index contributed by atoms with van der Waals surface area (Å²) in [4.78, 5) is 31.0. The van der Waals surface area contributed by atoms with Crippen LogP contribution in [0.5, 0.6) is 5.75 Å². The number of carbonyl (C=O) groups excluding carboxylic acids is 1. The summed E-state index contributed by atoms with van der Waals surface area (Å²) in [6.07, 6.45) is 1.64. The second kappa shape index (κ2) is 8.27. The number of thioether (sulfide) groups is 1. The lowest BCUT2D eigenvalue weighted by Gasteiger charge is -2.09. The third-order valence-corrected chi connectivity index (χ3v) is 4.22. The first-order chi connectivity index (χ1) is 13.1. The van der Waals surface area contributed by atoms with Gasteiger partial charge in [0.25, 0.3) is 5.69 Å². The minimum absolute atomic E-state index is 0.0192. The Kier molecular flexibility index (Phi) is 5.61. The van der Waals surface area contributed by atoms with Crippen LogP contribution in [0.2, 0.25) is 0 Å². The van der Waals surface area contributed by atoms with E-state index in [0.29, 0.717) is 22.4 Å². The van der Waals surface area contributed by atoms with Crippen LogP contribution in [-0.2, 0) is 4.79 Å². The molecule has 0 unspecified atom stereocenters. The van der Waals surface area contributed by atoms with Crippen molar-refractivity contribution in [3.05, 3.63) is 52.7 Å². The lowest BCUT2D eigenvalue weighted by molar-refractivity contribution is -0.384. The lowest BCUT2D eigenvalue weighted by atomic mass is 10.2. The second-order valence-corrected chi connectivity index (χ2v) is 6.10. The Hall–Kier alpha value is -3.47. The predicted molar refractivity (Wildman–Crippen MR) is 98.6 cm³/mol. The highest BCUT2D eigenvalue weighted by molar-refractivity contribution is 7.99. The number of aromatic amines is 1. The number of nitrogens with zero attached hydrogens (tertiary/aromatic N) is 4. The number of ether oxygens (including phenoxy) is 1. The molecule has 1 amide bonds. The number of aromatic nitrogens is 4. The molecule has 1 aromatic carbocycles. The van der Waals surface area contributed by atoms with Crippen LogP contribution in [-0.4, -0.2) is 43.9 Å². The van der Waals surface area contributed by atoms with Crippen LogP contribution < -0.4 is 10.1 Å². The first-order valence-electron chi connectivity index (χ1n) is 7.65. The van der Waals surface area contributed by atoms with Crippen LogP contribution in [0.3, 0.4) is 0 Å². The van der Waals surface area contributed by atoms with Gasteiger partial charge in [0, 0.05) is 18.3 Å². The number of anilines is 1. The number of benzene rings is 1. The van der Waals surface area contributed by atoms with Crippen molar-refractivity contribution in [3.8, 4) is 17.3 Å². The molecule has 0 aliphatic heterocycles. The predicted octanol–water partition coefficient (Wildman–Crippen LogP) is 2.51. The summed E-state index contributed by atoms with van der Waals surface area (Å²) in [6.45, 7) is 0. The van der Waals surface area contributed by atoms with Crippen LogP contribution in [0.1, 0.15) is 0 Å². The molecule has 0 bridgehead atoms. The highest BCUT2D eigenvalue weighted by Crippen LogP contribution is 2.29. The Morgan fingerprint density at radius 3 is 2.93 bits per heavy atom.